The van der Waals surface area contributed by atoms with Gasteiger partial charge in [-0.3, -0.25) is 14.3 Å². The van der Waals surface area contributed by atoms with Crippen LogP contribution in [0.25, 0.3) is 0 Å². The number of hydrogen-bond acceptors (Lipinski definition) is 5. The van der Waals surface area contributed by atoms with Crippen molar-refractivity contribution in [2.75, 3.05) is 10.6 Å². The summed E-state index contributed by atoms with van der Waals surface area (Å²) in [6.07, 6.45) is 6.48. The van der Waals surface area contributed by atoms with Crippen molar-refractivity contribution >= 4 is 46.9 Å². The van der Waals surface area contributed by atoms with Gasteiger partial charge in [-0.25, -0.2) is 0 Å². The Labute approximate surface area is 179 Å². The van der Waals surface area contributed by atoms with Crippen molar-refractivity contribution in [1.82, 2.24) is 4.72 Å². The van der Waals surface area contributed by atoms with Crippen LogP contribution in [0.5, 0.6) is 0 Å². The van der Waals surface area contributed by atoms with Gasteiger partial charge in [0.1, 0.15) is 0 Å². The van der Waals surface area contributed by atoms with E-state index in [1.807, 2.05) is 37.3 Å². The second-order valence-electron chi connectivity index (χ2n) is 7.49. The zero-order valence-electron chi connectivity index (χ0n) is 16.4. The summed E-state index contributed by atoms with van der Waals surface area (Å²) in [4.78, 5) is 26.6. The lowest BCUT2D eigenvalue weighted by atomic mass is 9.96. The maximum absolute atomic E-state index is 12.6. The Kier molecular flexibility index (Phi) is 6.47. The Bertz CT molecular complexity index is 895. The Morgan fingerprint density at radius 3 is 2.62 bits per heavy atom. The number of carbonyl (C=O) groups excluding carboxylic acids is 2. The van der Waals surface area contributed by atoms with E-state index < -0.39 is 0 Å². The van der Waals surface area contributed by atoms with Crippen LogP contribution < -0.4 is 15.4 Å². The lowest BCUT2D eigenvalue weighted by molar-refractivity contribution is -0.115. The Morgan fingerprint density at radius 2 is 1.86 bits per heavy atom. The molecule has 1 saturated carbocycles. The van der Waals surface area contributed by atoms with Crippen molar-refractivity contribution in [3.05, 3.63) is 48.0 Å². The predicted octanol–water partition coefficient (Wildman–Crippen LogP) is 5.30. The smallest absolute Gasteiger partial charge is 0.255 e. The third kappa shape index (κ3) is 5.15. The highest BCUT2D eigenvalue weighted by Crippen LogP contribution is 2.36. The van der Waals surface area contributed by atoms with Gasteiger partial charge < -0.3 is 10.6 Å². The maximum atomic E-state index is 12.6. The first-order valence-corrected chi connectivity index (χ1v) is 11.7. The van der Waals surface area contributed by atoms with E-state index in [-0.39, 0.29) is 17.1 Å². The van der Waals surface area contributed by atoms with Gasteiger partial charge in [-0.05, 0) is 74.2 Å². The molecule has 2 aliphatic rings. The topological polar surface area (TPSA) is 70.2 Å². The van der Waals surface area contributed by atoms with Crippen LogP contribution in [-0.4, -0.2) is 23.1 Å². The van der Waals surface area contributed by atoms with Crippen molar-refractivity contribution < 1.29 is 9.59 Å². The Balaban J connectivity index is 1.35. The summed E-state index contributed by atoms with van der Waals surface area (Å²) in [5.41, 5.74) is 1.98. The number of benzene rings is 2. The predicted molar refractivity (Wildman–Crippen MR) is 121 cm³/mol. The summed E-state index contributed by atoms with van der Waals surface area (Å²) < 4.78 is 3.55. The molecule has 0 saturated heterocycles. The van der Waals surface area contributed by atoms with E-state index in [9.17, 15) is 9.59 Å². The molecule has 1 aliphatic heterocycles. The first-order chi connectivity index (χ1) is 14.1. The van der Waals surface area contributed by atoms with Crippen molar-refractivity contribution in [3.8, 4) is 0 Å². The normalized spacial score (nSPS) is 19.3. The van der Waals surface area contributed by atoms with E-state index in [0.717, 1.165) is 15.5 Å². The molecule has 7 heteroatoms. The fourth-order valence-corrected chi connectivity index (χ4v) is 5.27. The monoisotopic (exact) mass is 427 g/mol. The van der Waals surface area contributed by atoms with Gasteiger partial charge in [-0.2, -0.15) is 0 Å². The molecule has 0 aromatic heterocycles. The van der Waals surface area contributed by atoms with Crippen LogP contribution in [0.4, 0.5) is 11.4 Å². The Hall–Kier alpha value is -1.96. The van der Waals surface area contributed by atoms with E-state index >= 15 is 0 Å². The van der Waals surface area contributed by atoms with E-state index in [1.54, 1.807) is 24.1 Å². The van der Waals surface area contributed by atoms with Crippen LogP contribution in [0.1, 0.15) is 49.4 Å². The molecule has 29 heavy (non-hydrogen) atoms. The summed E-state index contributed by atoms with van der Waals surface area (Å²) >= 11 is 3.17. The van der Waals surface area contributed by atoms with Crippen molar-refractivity contribution in [2.45, 2.75) is 60.1 Å². The summed E-state index contributed by atoms with van der Waals surface area (Å²) in [5.74, 6) is -0.221. The second-order valence-corrected chi connectivity index (χ2v) is 9.79. The SMILES string of the molecule is CC1Sc2ccc(C(=O)Nc3ccc(SNC4CCCCC4)cc3)cc2NC1=O. The lowest BCUT2D eigenvalue weighted by Crippen LogP contribution is -2.26. The molecule has 5 nitrogen and oxygen atoms in total. The number of fused-ring (bicyclic) bond motifs is 1. The number of nitrogens with one attached hydrogen (secondary N) is 3. The second kappa shape index (κ2) is 9.24. The Morgan fingerprint density at radius 1 is 1.10 bits per heavy atom. The highest BCUT2D eigenvalue weighted by atomic mass is 32.2. The number of hydrogen-bond donors (Lipinski definition) is 3. The molecule has 152 valence electrons. The molecule has 2 amide bonds. The third-order valence-corrected chi connectivity index (χ3v) is 7.37. The molecule has 1 fully saturated rings. The van der Waals surface area contributed by atoms with Crippen LogP contribution in [0.2, 0.25) is 0 Å². The summed E-state index contributed by atoms with van der Waals surface area (Å²) in [6.45, 7) is 1.87. The molecular weight excluding hydrogens is 402 g/mol. The average Bonchev–Trinajstić information content (AvgIpc) is 2.74. The summed E-state index contributed by atoms with van der Waals surface area (Å²) in [7, 11) is 0. The fraction of sp³-hybridized carbons (Fsp3) is 0.364. The first kappa shape index (κ1) is 20.3. The van der Waals surface area contributed by atoms with Crippen molar-refractivity contribution in [1.29, 1.82) is 0 Å². The zero-order chi connectivity index (χ0) is 20.2. The molecule has 3 N–H and O–H groups in total. The fourth-order valence-electron chi connectivity index (χ4n) is 3.53. The molecule has 1 unspecified atom stereocenters. The van der Waals surface area contributed by atoms with E-state index in [2.05, 4.69) is 15.4 Å². The van der Waals surface area contributed by atoms with Crippen LogP contribution in [-0.2, 0) is 4.79 Å². The average molecular weight is 428 g/mol. The molecule has 0 bridgehead atoms. The van der Waals surface area contributed by atoms with Gasteiger partial charge in [-0.15, -0.1) is 11.8 Å². The van der Waals surface area contributed by atoms with Gasteiger partial charge in [0.2, 0.25) is 5.91 Å². The van der Waals surface area contributed by atoms with Crippen molar-refractivity contribution in [2.24, 2.45) is 0 Å². The minimum atomic E-state index is -0.189. The first-order valence-electron chi connectivity index (χ1n) is 10.0. The summed E-state index contributed by atoms with van der Waals surface area (Å²) in [5, 5.41) is 5.68. The largest absolute Gasteiger partial charge is 0.324 e. The zero-order valence-corrected chi connectivity index (χ0v) is 18.0. The quantitative estimate of drug-likeness (QED) is 0.565. The molecule has 0 spiro atoms. The highest BCUT2D eigenvalue weighted by Gasteiger charge is 2.23. The van der Waals surface area contributed by atoms with E-state index in [1.165, 1.54) is 43.9 Å². The molecule has 1 aliphatic carbocycles. The van der Waals surface area contributed by atoms with E-state index in [4.69, 9.17) is 0 Å². The maximum Gasteiger partial charge on any atom is 0.255 e. The molecule has 2 aromatic rings. The number of thioether (sulfide) groups is 1. The minimum absolute atomic E-state index is 0.0324. The van der Waals surface area contributed by atoms with Crippen LogP contribution >= 0.6 is 23.7 Å². The van der Waals surface area contributed by atoms with Gasteiger partial charge in [0.05, 0.1) is 10.9 Å². The van der Waals surface area contributed by atoms with Gasteiger partial charge in [-0.1, -0.05) is 19.3 Å². The summed E-state index contributed by atoms with van der Waals surface area (Å²) in [6, 6.07) is 13.9. The third-order valence-electron chi connectivity index (χ3n) is 5.23. The van der Waals surface area contributed by atoms with E-state index in [0.29, 0.717) is 17.3 Å². The lowest BCUT2D eigenvalue weighted by Gasteiger charge is -2.22. The number of anilines is 2. The molecule has 1 atom stereocenters. The van der Waals surface area contributed by atoms with Crippen LogP contribution in [0, 0.1) is 0 Å². The standard InChI is InChI=1S/C22H25N3O2S2/c1-14-21(26)24-19-13-15(7-12-20(19)28-14)22(27)23-16-8-10-18(11-9-16)29-25-17-5-3-2-4-6-17/h7-14,17,25H,2-6H2,1H3,(H,23,27)(H,24,26). The van der Waals surface area contributed by atoms with Gasteiger partial charge >= 0.3 is 0 Å². The van der Waals surface area contributed by atoms with Crippen LogP contribution in [0.3, 0.4) is 0 Å². The highest BCUT2D eigenvalue weighted by molar-refractivity contribution is 8.01. The van der Waals surface area contributed by atoms with Crippen molar-refractivity contribution in [3.63, 3.8) is 0 Å². The van der Waals surface area contributed by atoms with Gasteiger partial charge in [0, 0.05) is 27.1 Å². The molecular formula is C22H25N3O2S2. The molecule has 1 heterocycles. The number of carbonyl (C=O) groups is 2. The van der Waals surface area contributed by atoms with Crippen LogP contribution in [0.15, 0.2) is 52.3 Å². The van der Waals surface area contributed by atoms with Gasteiger partial charge in [0.25, 0.3) is 5.91 Å². The van der Waals surface area contributed by atoms with Gasteiger partial charge in [0.15, 0.2) is 0 Å². The molecule has 4 rings (SSSR count). The molecule has 0 radical (unpaired) electrons. The molecule has 2 aromatic carbocycles. The minimum Gasteiger partial charge on any atom is -0.324 e. The number of rotatable bonds is 5. The number of amides is 2.